The molecule has 19 heavy (non-hydrogen) atoms. The molecule has 2 aromatic rings. The van der Waals surface area contributed by atoms with Gasteiger partial charge in [-0.25, -0.2) is 8.42 Å². The van der Waals surface area contributed by atoms with E-state index in [9.17, 15) is 8.42 Å². The standard InChI is InChI=1S/C12H17N3O3S/c1-4-9(2)15-10(3)12(7-13-15)14-19(16,17)11-5-6-18-8-11/h5-9,14H,4H2,1-3H3. The summed E-state index contributed by atoms with van der Waals surface area (Å²) in [5.41, 5.74) is 1.28. The Hall–Kier alpha value is -1.76. The van der Waals surface area contributed by atoms with Crippen molar-refractivity contribution in [2.45, 2.75) is 38.1 Å². The summed E-state index contributed by atoms with van der Waals surface area (Å²) in [7, 11) is -3.61. The molecule has 6 nitrogen and oxygen atoms in total. The topological polar surface area (TPSA) is 77.1 Å². The Labute approximate surface area is 112 Å². The molecule has 0 radical (unpaired) electrons. The van der Waals surface area contributed by atoms with Gasteiger partial charge in [0.15, 0.2) is 0 Å². The molecular formula is C12H17N3O3S. The van der Waals surface area contributed by atoms with E-state index in [1.165, 1.54) is 24.8 Å². The van der Waals surface area contributed by atoms with Crippen LogP contribution in [0.25, 0.3) is 0 Å². The highest BCUT2D eigenvalue weighted by molar-refractivity contribution is 7.92. The van der Waals surface area contributed by atoms with E-state index in [1.807, 2.05) is 18.5 Å². The lowest BCUT2D eigenvalue weighted by Crippen LogP contribution is -2.13. The molecule has 0 saturated heterocycles. The zero-order valence-electron chi connectivity index (χ0n) is 11.1. The minimum absolute atomic E-state index is 0.100. The molecule has 0 fully saturated rings. The summed E-state index contributed by atoms with van der Waals surface area (Å²) >= 11 is 0. The lowest BCUT2D eigenvalue weighted by Gasteiger charge is -2.12. The van der Waals surface area contributed by atoms with Gasteiger partial charge in [0.2, 0.25) is 0 Å². The van der Waals surface area contributed by atoms with Crippen LogP contribution < -0.4 is 4.72 Å². The van der Waals surface area contributed by atoms with Crippen LogP contribution in [0.4, 0.5) is 5.69 Å². The first-order valence-electron chi connectivity index (χ1n) is 6.05. The Morgan fingerprint density at radius 2 is 2.26 bits per heavy atom. The Morgan fingerprint density at radius 1 is 1.53 bits per heavy atom. The first-order chi connectivity index (χ1) is 8.95. The summed E-state index contributed by atoms with van der Waals surface area (Å²) in [6, 6.07) is 1.63. The fraction of sp³-hybridized carbons (Fsp3) is 0.417. The maximum absolute atomic E-state index is 12.1. The number of anilines is 1. The van der Waals surface area contributed by atoms with Crippen molar-refractivity contribution in [1.82, 2.24) is 9.78 Å². The molecule has 2 rings (SSSR count). The Kier molecular flexibility index (Phi) is 3.66. The highest BCUT2D eigenvalue weighted by atomic mass is 32.2. The highest BCUT2D eigenvalue weighted by Crippen LogP contribution is 2.22. The van der Waals surface area contributed by atoms with Gasteiger partial charge in [-0.1, -0.05) is 6.92 Å². The first kappa shape index (κ1) is 13.7. The Bertz CT molecular complexity index is 644. The third-order valence-electron chi connectivity index (χ3n) is 3.10. The van der Waals surface area contributed by atoms with Crippen molar-refractivity contribution in [3.8, 4) is 0 Å². The highest BCUT2D eigenvalue weighted by Gasteiger charge is 2.19. The normalized spacial score (nSPS) is 13.4. The molecule has 0 amide bonds. The SMILES string of the molecule is CCC(C)n1ncc(NS(=O)(=O)c2ccoc2)c1C. The molecule has 1 unspecified atom stereocenters. The number of nitrogens with one attached hydrogen (secondary N) is 1. The number of nitrogens with zero attached hydrogens (tertiary/aromatic N) is 2. The Balaban J connectivity index is 2.28. The van der Waals surface area contributed by atoms with Gasteiger partial charge in [-0.2, -0.15) is 5.10 Å². The van der Waals surface area contributed by atoms with E-state index < -0.39 is 10.0 Å². The fourth-order valence-corrected chi connectivity index (χ4v) is 2.77. The molecule has 1 atom stereocenters. The lowest BCUT2D eigenvalue weighted by atomic mass is 10.2. The van der Waals surface area contributed by atoms with Crippen molar-refractivity contribution in [3.05, 3.63) is 30.5 Å². The van der Waals surface area contributed by atoms with Crippen LogP contribution in [0.3, 0.4) is 0 Å². The molecule has 2 aromatic heterocycles. The molecule has 2 heterocycles. The van der Waals surface area contributed by atoms with Crippen LogP contribution in [0, 0.1) is 6.92 Å². The van der Waals surface area contributed by atoms with Crippen molar-refractivity contribution in [3.63, 3.8) is 0 Å². The smallest absolute Gasteiger partial charge is 0.265 e. The minimum atomic E-state index is -3.61. The summed E-state index contributed by atoms with van der Waals surface area (Å²) in [6.07, 6.45) is 4.97. The van der Waals surface area contributed by atoms with Crippen LogP contribution in [0.2, 0.25) is 0 Å². The number of sulfonamides is 1. The second-order valence-electron chi connectivity index (χ2n) is 4.41. The van der Waals surface area contributed by atoms with E-state index >= 15 is 0 Å². The molecule has 0 saturated carbocycles. The van der Waals surface area contributed by atoms with E-state index in [1.54, 1.807) is 0 Å². The third kappa shape index (κ3) is 2.65. The molecule has 0 aliphatic rings. The molecule has 7 heteroatoms. The summed E-state index contributed by atoms with van der Waals surface area (Å²) in [4.78, 5) is 0.100. The second kappa shape index (κ2) is 5.08. The van der Waals surface area contributed by atoms with E-state index in [0.717, 1.165) is 12.1 Å². The quantitative estimate of drug-likeness (QED) is 0.914. The lowest BCUT2D eigenvalue weighted by molar-refractivity contribution is 0.468. The fourth-order valence-electron chi connectivity index (χ4n) is 1.75. The van der Waals surface area contributed by atoms with Crippen LogP contribution in [-0.4, -0.2) is 18.2 Å². The summed E-state index contributed by atoms with van der Waals surface area (Å²) in [6.45, 7) is 5.93. The van der Waals surface area contributed by atoms with Crippen molar-refractivity contribution in [1.29, 1.82) is 0 Å². The van der Waals surface area contributed by atoms with Gasteiger partial charge in [-0.15, -0.1) is 0 Å². The monoisotopic (exact) mass is 283 g/mol. The van der Waals surface area contributed by atoms with E-state index in [0.29, 0.717) is 5.69 Å². The number of aromatic nitrogens is 2. The summed E-state index contributed by atoms with van der Waals surface area (Å²) in [5.74, 6) is 0. The Morgan fingerprint density at radius 3 is 2.84 bits per heavy atom. The maximum atomic E-state index is 12.1. The molecular weight excluding hydrogens is 266 g/mol. The van der Waals surface area contributed by atoms with Crippen molar-refractivity contribution in [2.24, 2.45) is 0 Å². The van der Waals surface area contributed by atoms with Crippen LogP contribution in [0.1, 0.15) is 32.0 Å². The largest absolute Gasteiger partial charge is 0.471 e. The average Bonchev–Trinajstić information content (AvgIpc) is 3.00. The molecule has 0 aromatic carbocycles. The molecule has 0 aliphatic carbocycles. The van der Waals surface area contributed by atoms with Gasteiger partial charge in [0.1, 0.15) is 11.2 Å². The van der Waals surface area contributed by atoms with Crippen LogP contribution >= 0.6 is 0 Å². The van der Waals surface area contributed by atoms with E-state index in [2.05, 4.69) is 16.7 Å². The average molecular weight is 283 g/mol. The van der Waals surface area contributed by atoms with E-state index in [4.69, 9.17) is 4.42 Å². The molecule has 1 N–H and O–H groups in total. The molecule has 0 bridgehead atoms. The zero-order chi connectivity index (χ0) is 14.0. The van der Waals surface area contributed by atoms with Crippen LogP contribution in [0.5, 0.6) is 0 Å². The number of rotatable bonds is 5. The minimum Gasteiger partial charge on any atom is -0.471 e. The van der Waals surface area contributed by atoms with Gasteiger partial charge in [0, 0.05) is 6.04 Å². The number of furan rings is 1. The predicted molar refractivity (Wildman–Crippen MR) is 71.5 cm³/mol. The zero-order valence-corrected chi connectivity index (χ0v) is 11.9. The van der Waals surface area contributed by atoms with Gasteiger partial charge < -0.3 is 4.42 Å². The number of hydrogen-bond acceptors (Lipinski definition) is 4. The third-order valence-corrected chi connectivity index (χ3v) is 4.44. The van der Waals surface area contributed by atoms with Gasteiger partial charge in [-0.05, 0) is 26.3 Å². The first-order valence-corrected chi connectivity index (χ1v) is 7.53. The van der Waals surface area contributed by atoms with Gasteiger partial charge in [0.05, 0.1) is 23.8 Å². The van der Waals surface area contributed by atoms with Gasteiger partial charge in [-0.3, -0.25) is 9.40 Å². The molecule has 0 aliphatic heterocycles. The van der Waals surface area contributed by atoms with Crippen molar-refractivity contribution in [2.75, 3.05) is 4.72 Å². The maximum Gasteiger partial charge on any atom is 0.265 e. The van der Waals surface area contributed by atoms with Crippen molar-refractivity contribution >= 4 is 15.7 Å². The van der Waals surface area contributed by atoms with Crippen molar-refractivity contribution < 1.29 is 12.8 Å². The van der Waals surface area contributed by atoms with Crippen LogP contribution in [-0.2, 0) is 10.0 Å². The summed E-state index contributed by atoms with van der Waals surface area (Å²) < 4.78 is 33.2. The second-order valence-corrected chi connectivity index (χ2v) is 6.09. The van der Waals surface area contributed by atoms with Gasteiger partial charge in [0.25, 0.3) is 10.0 Å². The van der Waals surface area contributed by atoms with Crippen LogP contribution in [0.15, 0.2) is 34.1 Å². The number of hydrogen-bond donors (Lipinski definition) is 1. The summed E-state index contributed by atoms with van der Waals surface area (Å²) in [5, 5.41) is 4.22. The predicted octanol–water partition coefficient (Wildman–Crippen LogP) is 2.56. The van der Waals surface area contributed by atoms with Gasteiger partial charge >= 0.3 is 0 Å². The molecule has 0 spiro atoms. The van der Waals surface area contributed by atoms with E-state index in [-0.39, 0.29) is 10.9 Å². The molecule has 104 valence electrons.